The van der Waals surface area contributed by atoms with E-state index in [1.807, 2.05) is 17.7 Å². The lowest BCUT2D eigenvalue weighted by atomic mass is 10.1. The Labute approximate surface area is 175 Å². The summed E-state index contributed by atoms with van der Waals surface area (Å²) in [5, 5.41) is 4.40. The van der Waals surface area contributed by atoms with E-state index in [4.69, 9.17) is 11.5 Å². The van der Waals surface area contributed by atoms with Crippen molar-refractivity contribution in [3.8, 4) is 5.82 Å². The SMILES string of the molecule is Cn1c2c(c3ccc(-n4ccc(/C(N)=C/C=C(\N)C(F)(F)F)cc4=O)nc31)CNCC2. The number of rotatable bonds is 3. The van der Waals surface area contributed by atoms with Crippen LogP contribution in [0.2, 0.25) is 0 Å². The molecule has 0 atom stereocenters. The predicted molar refractivity (Wildman–Crippen MR) is 112 cm³/mol. The van der Waals surface area contributed by atoms with E-state index in [-0.39, 0.29) is 11.3 Å². The molecule has 1 aliphatic heterocycles. The number of alkyl halides is 3. The van der Waals surface area contributed by atoms with Gasteiger partial charge in [0.05, 0.1) is 0 Å². The number of hydrogen-bond acceptors (Lipinski definition) is 5. The lowest BCUT2D eigenvalue weighted by molar-refractivity contribution is -0.0926. The Hall–Kier alpha value is -3.53. The lowest BCUT2D eigenvalue weighted by Gasteiger charge is -2.14. The van der Waals surface area contributed by atoms with Crippen LogP contribution in [0, 0.1) is 0 Å². The number of halogens is 3. The van der Waals surface area contributed by atoms with E-state index in [1.54, 1.807) is 6.07 Å². The van der Waals surface area contributed by atoms with Crippen LogP contribution in [-0.2, 0) is 20.0 Å². The third kappa shape index (κ3) is 3.81. The Kier molecular flexibility index (Phi) is 5.10. The van der Waals surface area contributed by atoms with E-state index in [2.05, 4.69) is 10.3 Å². The van der Waals surface area contributed by atoms with Crippen LogP contribution in [0.4, 0.5) is 13.2 Å². The molecule has 0 saturated heterocycles. The molecule has 4 rings (SSSR count). The van der Waals surface area contributed by atoms with Crippen LogP contribution in [0.25, 0.3) is 22.5 Å². The third-order valence-corrected chi connectivity index (χ3v) is 5.37. The van der Waals surface area contributed by atoms with Crippen LogP contribution in [0.15, 0.2) is 53.1 Å². The maximum Gasteiger partial charge on any atom is 0.430 e. The molecular formula is C21H21F3N6O. The van der Waals surface area contributed by atoms with E-state index in [1.165, 1.54) is 34.2 Å². The highest BCUT2D eigenvalue weighted by molar-refractivity contribution is 5.83. The Bertz CT molecular complexity index is 1280. The highest BCUT2D eigenvalue weighted by atomic mass is 19.4. The minimum atomic E-state index is -4.64. The van der Waals surface area contributed by atoms with Gasteiger partial charge in [-0.05, 0) is 35.9 Å². The van der Waals surface area contributed by atoms with Gasteiger partial charge in [0.2, 0.25) is 0 Å². The van der Waals surface area contributed by atoms with Crippen molar-refractivity contribution in [2.45, 2.75) is 19.1 Å². The molecule has 0 saturated carbocycles. The van der Waals surface area contributed by atoms with Crippen LogP contribution in [0.5, 0.6) is 0 Å². The van der Waals surface area contributed by atoms with Gasteiger partial charge in [-0.1, -0.05) is 0 Å². The van der Waals surface area contributed by atoms with Gasteiger partial charge in [-0.25, -0.2) is 4.98 Å². The van der Waals surface area contributed by atoms with Crippen LogP contribution in [0.1, 0.15) is 16.8 Å². The summed E-state index contributed by atoms with van der Waals surface area (Å²) >= 11 is 0. The van der Waals surface area contributed by atoms with Gasteiger partial charge < -0.3 is 21.4 Å². The van der Waals surface area contributed by atoms with Crippen molar-refractivity contribution in [2.75, 3.05) is 6.54 Å². The van der Waals surface area contributed by atoms with E-state index in [0.29, 0.717) is 11.9 Å². The average Bonchev–Trinajstić information content (AvgIpc) is 3.03. The minimum Gasteiger partial charge on any atom is -0.398 e. The second-order valence-electron chi connectivity index (χ2n) is 7.32. The summed E-state index contributed by atoms with van der Waals surface area (Å²) in [4.78, 5) is 17.3. The fourth-order valence-electron chi connectivity index (χ4n) is 3.70. The molecule has 5 N–H and O–H groups in total. The summed E-state index contributed by atoms with van der Waals surface area (Å²) in [5.41, 5.74) is 12.6. The number of nitrogens with one attached hydrogen (secondary N) is 1. The Morgan fingerprint density at radius 2 is 2.00 bits per heavy atom. The van der Waals surface area contributed by atoms with E-state index in [0.717, 1.165) is 36.6 Å². The number of aromatic nitrogens is 3. The molecule has 7 nitrogen and oxygen atoms in total. The zero-order valence-corrected chi connectivity index (χ0v) is 16.7. The minimum absolute atomic E-state index is 0.0116. The second kappa shape index (κ2) is 7.62. The fraction of sp³-hybridized carbons (Fsp3) is 0.238. The van der Waals surface area contributed by atoms with Gasteiger partial charge in [-0.2, -0.15) is 13.2 Å². The molecule has 0 radical (unpaired) electrons. The topological polar surface area (TPSA) is 104 Å². The summed E-state index contributed by atoms with van der Waals surface area (Å²) in [7, 11) is 1.96. The molecule has 31 heavy (non-hydrogen) atoms. The standard InChI is InChI=1S/C21H21F3N6O/c1-29-16-6-8-27-11-14(16)13-2-5-18(28-20(13)29)30-9-7-12(10-19(30)31)15(25)3-4-17(26)21(22,23)24/h2-5,7,9-10,27H,6,8,11,25-26H2,1H3/b15-3-,17-4-. The summed E-state index contributed by atoms with van der Waals surface area (Å²) in [6.07, 6.45) is -0.549. The van der Waals surface area contributed by atoms with Gasteiger partial charge in [-0.15, -0.1) is 0 Å². The molecule has 162 valence electrons. The number of fused-ring (bicyclic) bond motifs is 3. The zero-order valence-electron chi connectivity index (χ0n) is 16.7. The van der Waals surface area contributed by atoms with Gasteiger partial charge >= 0.3 is 6.18 Å². The van der Waals surface area contributed by atoms with E-state index < -0.39 is 17.4 Å². The summed E-state index contributed by atoms with van der Waals surface area (Å²) in [6, 6.07) is 6.50. The van der Waals surface area contributed by atoms with E-state index >= 15 is 0 Å². The number of hydrogen-bond donors (Lipinski definition) is 3. The summed E-state index contributed by atoms with van der Waals surface area (Å²) in [6.45, 7) is 1.69. The number of nitrogens with two attached hydrogens (primary N) is 2. The summed E-state index contributed by atoms with van der Waals surface area (Å²) in [5.74, 6) is 0.443. The molecule has 0 amide bonds. The molecule has 0 aliphatic carbocycles. The number of aryl methyl sites for hydroxylation is 1. The van der Waals surface area contributed by atoms with Gasteiger partial charge in [0.15, 0.2) is 0 Å². The molecule has 0 bridgehead atoms. The van der Waals surface area contributed by atoms with Gasteiger partial charge in [-0.3, -0.25) is 9.36 Å². The van der Waals surface area contributed by atoms with Crippen LogP contribution in [0.3, 0.4) is 0 Å². The van der Waals surface area contributed by atoms with Gasteiger partial charge in [0.1, 0.15) is 17.2 Å². The summed E-state index contributed by atoms with van der Waals surface area (Å²) < 4.78 is 40.9. The first-order valence-electron chi connectivity index (χ1n) is 9.58. The van der Waals surface area contributed by atoms with Crippen LogP contribution < -0.4 is 22.3 Å². The van der Waals surface area contributed by atoms with Gasteiger partial charge in [0, 0.05) is 61.2 Å². The van der Waals surface area contributed by atoms with E-state index in [9.17, 15) is 18.0 Å². The Morgan fingerprint density at radius 3 is 2.71 bits per heavy atom. The molecule has 1 aliphatic rings. The highest BCUT2D eigenvalue weighted by Crippen LogP contribution is 2.27. The monoisotopic (exact) mass is 430 g/mol. The third-order valence-electron chi connectivity index (χ3n) is 5.37. The second-order valence-corrected chi connectivity index (χ2v) is 7.32. The van der Waals surface area contributed by atoms with Crippen molar-refractivity contribution in [3.63, 3.8) is 0 Å². The molecule has 3 aromatic rings. The number of allylic oxidation sites excluding steroid dienone is 3. The van der Waals surface area contributed by atoms with Crippen molar-refractivity contribution >= 4 is 16.7 Å². The van der Waals surface area contributed by atoms with Crippen molar-refractivity contribution in [1.82, 2.24) is 19.4 Å². The molecule has 0 spiro atoms. The maximum absolute atomic E-state index is 12.7. The molecule has 10 heteroatoms. The first kappa shape index (κ1) is 20.7. The molecule has 0 unspecified atom stereocenters. The predicted octanol–water partition coefficient (Wildman–Crippen LogP) is 2.07. The molecular weight excluding hydrogens is 409 g/mol. The van der Waals surface area contributed by atoms with Crippen molar-refractivity contribution in [3.05, 3.63) is 75.5 Å². The van der Waals surface area contributed by atoms with Crippen molar-refractivity contribution in [2.24, 2.45) is 18.5 Å². The Balaban J connectivity index is 1.69. The molecule has 0 fully saturated rings. The number of nitrogens with zero attached hydrogens (tertiary/aromatic N) is 3. The highest BCUT2D eigenvalue weighted by Gasteiger charge is 2.30. The van der Waals surface area contributed by atoms with Crippen LogP contribution in [-0.4, -0.2) is 26.8 Å². The lowest BCUT2D eigenvalue weighted by Crippen LogP contribution is -2.24. The molecule has 0 aromatic carbocycles. The largest absolute Gasteiger partial charge is 0.430 e. The number of pyridine rings is 2. The molecule has 4 heterocycles. The quantitative estimate of drug-likeness (QED) is 0.552. The average molecular weight is 430 g/mol. The Morgan fingerprint density at radius 1 is 1.23 bits per heavy atom. The van der Waals surface area contributed by atoms with Crippen molar-refractivity contribution < 1.29 is 13.2 Å². The fourth-order valence-corrected chi connectivity index (χ4v) is 3.70. The zero-order chi connectivity index (χ0) is 22.3. The van der Waals surface area contributed by atoms with Gasteiger partial charge in [0.25, 0.3) is 5.56 Å². The van der Waals surface area contributed by atoms with Crippen molar-refractivity contribution in [1.29, 1.82) is 0 Å². The first-order chi connectivity index (χ1) is 14.7. The molecule has 3 aromatic heterocycles. The van der Waals surface area contributed by atoms with Crippen LogP contribution >= 0.6 is 0 Å². The maximum atomic E-state index is 12.7. The first-order valence-corrected chi connectivity index (χ1v) is 9.58. The normalized spacial score (nSPS) is 15.4. The smallest absolute Gasteiger partial charge is 0.398 e.